The van der Waals surface area contributed by atoms with Crippen molar-refractivity contribution in [3.63, 3.8) is 0 Å². The molecule has 4 saturated carbocycles. The van der Waals surface area contributed by atoms with Gasteiger partial charge in [0.2, 0.25) is 5.91 Å². The van der Waals surface area contributed by atoms with Gasteiger partial charge in [-0.3, -0.25) is 9.59 Å². The Kier molecular flexibility index (Phi) is 8.17. The zero-order chi connectivity index (χ0) is 26.4. The van der Waals surface area contributed by atoms with Crippen LogP contribution in [0.3, 0.4) is 0 Å². The van der Waals surface area contributed by atoms with Gasteiger partial charge in [0.15, 0.2) is 0 Å². The first-order valence-corrected chi connectivity index (χ1v) is 14.7. The SMILES string of the molecule is CC(C)C(CC(=O)O)NC(=O)CC[C@@H](C)[C@H]1CC[C@H]2[C@@H]3[C@@H](O)C[C@@H]4C[C@H](O)CC[C@]4(C)[C@H]3CC[C@]12C. The number of carboxylic acids is 1. The third-order valence-electron chi connectivity index (χ3n) is 11.8. The summed E-state index contributed by atoms with van der Waals surface area (Å²) in [4.78, 5) is 23.8. The molecule has 4 fully saturated rings. The molecule has 4 rings (SSSR count). The highest BCUT2D eigenvalue weighted by Gasteiger charge is 2.62. The van der Waals surface area contributed by atoms with Gasteiger partial charge in [-0.15, -0.1) is 0 Å². The maximum Gasteiger partial charge on any atom is 0.305 e. The fraction of sp³-hybridized carbons (Fsp3) is 0.933. The Morgan fingerprint density at radius 3 is 2.28 bits per heavy atom. The van der Waals surface area contributed by atoms with Gasteiger partial charge in [0, 0.05) is 12.5 Å². The van der Waals surface area contributed by atoms with Crippen molar-refractivity contribution in [2.24, 2.45) is 52.3 Å². The second-order valence-corrected chi connectivity index (χ2v) is 14.0. The topological polar surface area (TPSA) is 107 Å². The molecule has 1 amide bonds. The van der Waals surface area contributed by atoms with Crippen LogP contribution < -0.4 is 5.32 Å². The van der Waals surface area contributed by atoms with E-state index in [9.17, 15) is 19.8 Å². The summed E-state index contributed by atoms with van der Waals surface area (Å²) in [5, 5.41) is 33.8. The number of hydrogen-bond acceptors (Lipinski definition) is 4. The minimum absolute atomic E-state index is 0.0358. The van der Waals surface area contributed by atoms with Crippen LogP contribution in [0.1, 0.15) is 105 Å². The van der Waals surface area contributed by atoms with Gasteiger partial charge in [-0.1, -0.05) is 34.6 Å². The smallest absolute Gasteiger partial charge is 0.305 e. The highest BCUT2D eigenvalue weighted by molar-refractivity contribution is 5.77. The van der Waals surface area contributed by atoms with Crippen LogP contribution >= 0.6 is 0 Å². The summed E-state index contributed by atoms with van der Waals surface area (Å²) < 4.78 is 0. The third-order valence-corrected chi connectivity index (χ3v) is 11.8. The van der Waals surface area contributed by atoms with Crippen molar-refractivity contribution in [2.75, 3.05) is 0 Å². The number of carbonyl (C=O) groups is 2. The molecule has 0 radical (unpaired) electrons. The lowest BCUT2D eigenvalue weighted by molar-refractivity contribution is -0.174. The van der Waals surface area contributed by atoms with Crippen LogP contribution in [0.4, 0.5) is 0 Å². The maximum absolute atomic E-state index is 12.7. The number of nitrogens with one attached hydrogen (secondary N) is 1. The summed E-state index contributed by atoms with van der Waals surface area (Å²) in [6.07, 6.45) is 9.18. The molecule has 0 saturated heterocycles. The number of aliphatic hydroxyl groups is 2. The molecule has 0 aromatic carbocycles. The van der Waals surface area contributed by atoms with Crippen molar-refractivity contribution < 1.29 is 24.9 Å². The Bertz CT molecular complexity index is 815. The number of fused-ring (bicyclic) bond motifs is 5. The number of rotatable bonds is 8. The van der Waals surface area contributed by atoms with E-state index >= 15 is 0 Å². The zero-order valence-corrected chi connectivity index (χ0v) is 23.2. The number of hydrogen-bond donors (Lipinski definition) is 4. The Balaban J connectivity index is 1.39. The molecule has 0 aromatic heterocycles. The Morgan fingerprint density at radius 1 is 0.944 bits per heavy atom. The number of carboxylic acid groups (broad SMARTS) is 1. The molecule has 0 aromatic rings. The summed E-state index contributed by atoms with van der Waals surface area (Å²) in [6, 6.07) is -0.326. The molecule has 4 aliphatic rings. The van der Waals surface area contributed by atoms with E-state index in [-0.39, 0.29) is 47.3 Å². The van der Waals surface area contributed by atoms with Crippen LogP contribution in [0.25, 0.3) is 0 Å². The van der Waals surface area contributed by atoms with Crippen LogP contribution in [-0.4, -0.2) is 45.4 Å². The van der Waals surface area contributed by atoms with Gasteiger partial charge in [0.05, 0.1) is 18.6 Å². The average Bonchev–Trinajstić information content (AvgIpc) is 3.15. The molecule has 0 spiro atoms. The molecule has 36 heavy (non-hydrogen) atoms. The number of aliphatic carboxylic acids is 1. The Labute approximate surface area is 218 Å². The van der Waals surface area contributed by atoms with E-state index in [1.165, 1.54) is 25.7 Å². The summed E-state index contributed by atoms with van der Waals surface area (Å²) >= 11 is 0. The minimum Gasteiger partial charge on any atom is -0.481 e. The van der Waals surface area contributed by atoms with E-state index in [1.54, 1.807) is 0 Å². The first-order chi connectivity index (χ1) is 16.9. The van der Waals surface area contributed by atoms with Gasteiger partial charge in [0.1, 0.15) is 0 Å². The standard InChI is InChI=1S/C30H51NO5/c1-17(2)24(16-27(35)36)31-26(34)9-6-18(3)21-7-8-22-28-23(11-13-30(21,22)5)29(4)12-10-20(32)14-19(29)15-25(28)33/h17-25,28,32-33H,6-16H2,1-5H3,(H,31,34)(H,35,36)/t18-,19+,20-,21-,22+,23+,24?,25+,28+,29+,30-/m1/s1. The summed E-state index contributed by atoms with van der Waals surface area (Å²) in [7, 11) is 0. The number of carbonyl (C=O) groups excluding carboxylic acids is 1. The van der Waals surface area contributed by atoms with Crippen LogP contribution in [0.5, 0.6) is 0 Å². The maximum atomic E-state index is 12.7. The van der Waals surface area contributed by atoms with Crippen molar-refractivity contribution in [1.82, 2.24) is 5.32 Å². The van der Waals surface area contributed by atoms with Crippen molar-refractivity contribution in [3.8, 4) is 0 Å². The first kappa shape index (κ1) is 27.9. The van der Waals surface area contributed by atoms with E-state index in [4.69, 9.17) is 5.11 Å². The summed E-state index contributed by atoms with van der Waals surface area (Å²) in [5.74, 6) is 2.05. The summed E-state index contributed by atoms with van der Waals surface area (Å²) in [5.41, 5.74) is 0.453. The second kappa shape index (κ2) is 10.6. The fourth-order valence-corrected chi connectivity index (χ4v) is 9.66. The van der Waals surface area contributed by atoms with E-state index in [2.05, 4.69) is 26.1 Å². The molecule has 11 atom stereocenters. The van der Waals surface area contributed by atoms with Crippen molar-refractivity contribution in [1.29, 1.82) is 0 Å². The predicted octanol–water partition coefficient (Wildman–Crippen LogP) is 5.01. The van der Waals surface area contributed by atoms with Crippen LogP contribution in [0, 0.1) is 52.3 Å². The highest BCUT2D eigenvalue weighted by atomic mass is 16.4. The van der Waals surface area contributed by atoms with Gasteiger partial charge in [-0.2, -0.15) is 0 Å². The molecular weight excluding hydrogens is 454 g/mol. The molecule has 4 N–H and O–H groups in total. The lowest BCUT2D eigenvalue weighted by atomic mass is 9.43. The quantitative estimate of drug-likeness (QED) is 0.371. The first-order valence-electron chi connectivity index (χ1n) is 14.7. The van der Waals surface area contributed by atoms with Gasteiger partial charge >= 0.3 is 5.97 Å². The fourth-order valence-electron chi connectivity index (χ4n) is 9.66. The minimum atomic E-state index is -0.877. The molecule has 206 valence electrons. The molecule has 0 bridgehead atoms. The van der Waals surface area contributed by atoms with Crippen molar-refractivity contribution in [2.45, 2.75) is 123 Å². The summed E-state index contributed by atoms with van der Waals surface area (Å²) in [6.45, 7) is 11.1. The Hall–Kier alpha value is -1.14. The van der Waals surface area contributed by atoms with Gasteiger partial charge in [0.25, 0.3) is 0 Å². The van der Waals surface area contributed by atoms with Gasteiger partial charge < -0.3 is 20.6 Å². The van der Waals surface area contributed by atoms with Crippen LogP contribution in [0.2, 0.25) is 0 Å². The molecule has 0 heterocycles. The zero-order valence-electron chi connectivity index (χ0n) is 23.2. The van der Waals surface area contributed by atoms with Gasteiger partial charge in [-0.05, 0) is 110 Å². The van der Waals surface area contributed by atoms with Crippen molar-refractivity contribution >= 4 is 11.9 Å². The normalized spacial score (nSPS) is 43.7. The van der Waals surface area contributed by atoms with Crippen molar-refractivity contribution in [3.05, 3.63) is 0 Å². The van der Waals surface area contributed by atoms with E-state index in [1.807, 2.05) is 13.8 Å². The number of amides is 1. The molecule has 6 heteroatoms. The average molecular weight is 506 g/mol. The van der Waals surface area contributed by atoms with Crippen LogP contribution in [-0.2, 0) is 9.59 Å². The second-order valence-electron chi connectivity index (χ2n) is 14.0. The third kappa shape index (κ3) is 5.10. The molecular formula is C30H51NO5. The molecule has 1 unspecified atom stereocenters. The number of aliphatic hydroxyl groups excluding tert-OH is 2. The monoisotopic (exact) mass is 505 g/mol. The van der Waals surface area contributed by atoms with E-state index in [0.717, 1.165) is 32.1 Å². The van der Waals surface area contributed by atoms with E-state index in [0.29, 0.717) is 41.9 Å². The Morgan fingerprint density at radius 2 is 1.61 bits per heavy atom. The molecule has 6 nitrogen and oxygen atoms in total. The van der Waals surface area contributed by atoms with Crippen LogP contribution in [0.15, 0.2) is 0 Å². The lowest BCUT2D eigenvalue weighted by Gasteiger charge is -2.62. The molecule has 4 aliphatic carbocycles. The lowest BCUT2D eigenvalue weighted by Crippen LogP contribution is -2.58. The predicted molar refractivity (Wildman–Crippen MR) is 140 cm³/mol. The van der Waals surface area contributed by atoms with Gasteiger partial charge in [-0.25, -0.2) is 0 Å². The van der Waals surface area contributed by atoms with E-state index < -0.39 is 5.97 Å². The molecule has 0 aliphatic heterocycles. The highest BCUT2D eigenvalue weighted by Crippen LogP contribution is 2.68. The largest absolute Gasteiger partial charge is 0.481 e.